The second-order valence-electron chi connectivity index (χ2n) is 4.98. The first-order valence-corrected chi connectivity index (χ1v) is 6.79. The van der Waals surface area contributed by atoms with E-state index in [9.17, 15) is 5.11 Å². The topological polar surface area (TPSA) is 32.3 Å². The predicted molar refractivity (Wildman–Crippen MR) is 71.1 cm³/mol. The summed E-state index contributed by atoms with van der Waals surface area (Å²) in [4.78, 5) is 0. The van der Waals surface area contributed by atoms with E-state index in [-0.39, 0.29) is 6.10 Å². The first-order chi connectivity index (χ1) is 8.29. The van der Waals surface area contributed by atoms with Crippen molar-refractivity contribution in [2.75, 3.05) is 6.54 Å². The van der Waals surface area contributed by atoms with Crippen molar-refractivity contribution in [1.29, 1.82) is 0 Å². The molecule has 2 heteroatoms. The molecule has 94 valence electrons. The van der Waals surface area contributed by atoms with Crippen molar-refractivity contribution in [3.05, 3.63) is 34.9 Å². The normalized spacial score (nSPS) is 15.9. The number of benzene rings is 1. The third-order valence-corrected chi connectivity index (χ3v) is 3.62. The molecule has 0 bridgehead atoms. The third kappa shape index (κ3) is 3.55. The number of hydrogen-bond acceptors (Lipinski definition) is 2. The molecule has 0 heterocycles. The highest BCUT2D eigenvalue weighted by molar-refractivity contribution is 5.35. The van der Waals surface area contributed by atoms with E-state index in [4.69, 9.17) is 0 Å². The summed E-state index contributed by atoms with van der Waals surface area (Å²) in [5.74, 6) is 0. The van der Waals surface area contributed by atoms with Crippen molar-refractivity contribution in [2.24, 2.45) is 0 Å². The van der Waals surface area contributed by atoms with E-state index < -0.39 is 0 Å². The molecule has 0 radical (unpaired) electrons. The predicted octanol–water partition coefficient (Wildman–Crippen LogP) is 2.43. The van der Waals surface area contributed by atoms with Gasteiger partial charge in [-0.2, -0.15) is 0 Å². The molecule has 0 amide bonds. The molecule has 2 rings (SSSR count). The fourth-order valence-electron chi connectivity index (χ4n) is 2.44. The lowest BCUT2D eigenvalue weighted by Gasteiger charge is -2.09. The lowest BCUT2D eigenvalue weighted by Crippen LogP contribution is -2.19. The Balaban J connectivity index is 1.76. The van der Waals surface area contributed by atoms with Crippen molar-refractivity contribution in [1.82, 2.24) is 5.32 Å². The maximum atomic E-state index is 9.44. The molecule has 0 aliphatic heterocycles. The Morgan fingerprint density at radius 2 is 2.12 bits per heavy atom. The number of aliphatic hydroxyl groups is 1. The van der Waals surface area contributed by atoms with E-state index in [1.165, 1.54) is 36.0 Å². The highest BCUT2D eigenvalue weighted by atomic mass is 16.3. The second-order valence-corrected chi connectivity index (χ2v) is 4.98. The highest BCUT2D eigenvalue weighted by Gasteiger charge is 2.10. The van der Waals surface area contributed by atoms with Crippen molar-refractivity contribution in [3.63, 3.8) is 0 Å². The summed E-state index contributed by atoms with van der Waals surface area (Å²) in [6.07, 6.45) is 5.36. The Hall–Kier alpha value is -0.860. The van der Waals surface area contributed by atoms with Crippen LogP contribution in [0.2, 0.25) is 0 Å². The van der Waals surface area contributed by atoms with Gasteiger partial charge in [0, 0.05) is 6.54 Å². The summed E-state index contributed by atoms with van der Waals surface area (Å²) in [7, 11) is 0. The second kappa shape index (κ2) is 6.18. The van der Waals surface area contributed by atoms with Crippen LogP contribution >= 0.6 is 0 Å². The Morgan fingerprint density at radius 1 is 1.29 bits per heavy atom. The van der Waals surface area contributed by atoms with Crippen LogP contribution < -0.4 is 5.32 Å². The zero-order chi connectivity index (χ0) is 12.1. The maximum absolute atomic E-state index is 9.44. The van der Waals surface area contributed by atoms with E-state index in [0.717, 1.165) is 25.9 Å². The molecule has 0 aromatic heterocycles. The minimum atomic E-state index is -0.150. The van der Waals surface area contributed by atoms with Gasteiger partial charge >= 0.3 is 0 Å². The van der Waals surface area contributed by atoms with E-state index >= 15 is 0 Å². The van der Waals surface area contributed by atoms with Gasteiger partial charge in [0.25, 0.3) is 0 Å². The van der Waals surface area contributed by atoms with Crippen LogP contribution in [0.1, 0.15) is 42.9 Å². The molecule has 17 heavy (non-hydrogen) atoms. The molecule has 1 atom stereocenters. The van der Waals surface area contributed by atoms with Crippen molar-refractivity contribution >= 4 is 0 Å². The van der Waals surface area contributed by atoms with Crippen LogP contribution in [0.4, 0.5) is 0 Å². The molecule has 1 aromatic carbocycles. The van der Waals surface area contributed by atoms with Crippen LogP contribution in [0, 0.1) is 0 Å². The lowest BCUT2D eigenvalue weighted by atomic mass is 10.1. The minimum absolute atomic E-state index is 0.150. The van der Waals surface area contributed by atoms with Gasteiger partial charge in [-0.25, -0.2) is 0 Å². The van der Waals surface area contributed by atoms with Crippen LogP contribution in [0.5, 0.6) is 0 Å². The Labute approximate surface area is 104 Å². The first kappa shape index (κ1) is 12.6. The molecule has 2 N–H and O–H groups in total. The molecule has 1 aliphatic rings. The van der Waals surface area contributed by atoms with Gasteiger partial charge in [-0.1, -0.05) is 25.1 Å². The Morgan fingerprint density at radius 3 is 2.94 bits per heavy atom. The van der Waals surface area contributed by atoms with Gasteiger partial charge in [-0.3, -0.25) is 0 Å². The van der Waals surface area contributed by atoms with Crippen LogP contribution in [0.15, 0.2) is 18.2 Å². The molecule has 0 fully saturated rings. The molecular weight excluding hydrogens is 210 g/mol. The average Bonchev–Trinajstić information content (AvgIpc) is 2.81. The van der Waals surface area contributed by atoms with Crippen LogP contribution in [-0.2, 0) is 19.4 Å². The quantitative estimate of drug-likeness (QED) is 0.740. The van der Waals surface area contributed by atoms with Gasteiger partial charge in [0.1, 0.15) is 0 Å². The summed E-state index contributed by atoms with van der Waals surface area (Å²) < 4.78 is 0. The molecule has 1 aromatic rings. The van der Waals surface area contributed by atoms with Gasteiger partial charge < -0.3 is 10.4 Å². The highest BCUT2D eigenvalue weighted by Crippen LogP contribution is 2.22. The van der Waals surface area contributed by atoms with Gasteiger partial charge in [0.05, 0.1) is 6.10 Å². The molecular formula is C15H23NO. The smallest absolute Gasteiger partial charge is 0.0549 e. The summed E-state index contributed by atoms with van der Waals surface area (Å²) in [6.45, 7) is 3.83. The van der Waals surface area contributed by atoms with Crippen LogP contribution in [0.25, 0.3) is 0 Å². The maximum Gasteiger partial charge on any atom is 0.0549 e. The lowest BCUT2D eigenvalue weighted by molar-refractivity contribution is 0.159. The Kier molecular flexibility index (Phi) is 4.57. The fraction of sp³-hybridized carbons (Fsp3) is 0.600. The van der Waals surface area contributed by atoms with Gasteiger partial charge in [0.15, 0.2) is 0 Å². The van der Waals surface area contributed by atoms with Crippen LogP contribution in [0.3, 0.4) is 0 Å². The molecule has 0 saturated heterocycles. The molecule has 1 unspecified atom stereocenters. The molecule has 1 aliphatic carbocycles. The van der Waals surface area contributed by atoms with Crippen molar-refractivity contribution in [3.8, 4) is 0 Å². The van der Waals surface area contributed by atoms with Gasteiger partial charge in [-0.15, -0.1) is 0 Å². The third-order valence-electron chi connectivity index (χ3n) is 3.62. The standard InChI is InChI=1S/C15H23NO/c1-2-15(17)8-9-16-11-12-6-7-13-4-3-5-14(13)10-12/h6-7,10,15-17H,2-5,8-9,11H2,1H3. The van der Waals surface area contributed by atoms with E-state index in [0.29, 0.717) is 0 Å². The van der Waals surface area contributed by atoms with Crippen molar-refractivity contribution in [2.45, 2.75) is 51.7 Å². The Bertz CT molecular complexity index is 362. The summed E-state index contributed by atoms with van der Waals surface area (Å²) >= 11 is 0. The summed E-state index contributed by atoms with van der Waals surface area (Å²) in [5, 5.41) is 12.8. The van der Waals surface area contributed by atoms with Gasteiger partial charge in [-0.05, 0) is 55.3 Å². The zero-order valence-electron chi connectivity index (χ0n) is 10.7. The van der Waals surface area contributed by atoms with Gasteiger partial charge in [0.2, 0.25) is 0 Å². The number of aryl methyl sites for hydroxylation is 2. The van der Waals surface area contributed by atoms with Crippen molar-refractivity contribution < 1.29 is 5.11 Å². The molecule has 0 spiro atoms. The number of hydrogen-bond donors (Lipinski definition) is 2. The number of fused-ring (bicyclic) bond motifs is 1. The SMILES string of the molecule is CCC(O)CCNCc1ccc2c(c1)CCC2. The first-order valence-electron chi connectivity index (χ1n) is 6.79. The monoisotopic (exact) mass is 233 g/mol. The van der Waals surface area contributed by atoms with E-state index in [1.807, 2.05) is 6.92 Å². The average molecular weight is 233 g/mol. The fourth-order valence-corrected chi connectivity index (χ4v) is 2.44. The van der Waals surface area contributed by atoms with Crippen LogP contribution in [-0.4, -0.2) is 17.8 Å². The number of rotatable bonds is 6. The summed E-state index contributed by atoms with van der Waals surface area (Å²) in [5.41, 5.74) is 4.45. The molecule has 0 saturated carbocycles. The largest absolute Gasteiger partial charge is 0.393 e. The molecule has 2 nitrogen and oxygen atoms in total. The summed E-state index contributed by atoms with van der Waals surface area (Å²) in [6, 6.07) is 6.85. The zero-order valence-corrected chi connectivity index (χ0v) is 10.7. The van der Waals surface area contributed by atoms with E-state index in [1.54, 1.807) is 0 Å². The van der Waals surface area contributed by atoms with E-state index in [2.05, 4.69) is 23.5 Å². The minimum Gasteiger partial charge on any atom is -0.393 e. The number of aliphatic hydroxyl groups excluding tert-OH is 1. The number of nitrogens with one attached hydrogen (secondary N) is 1.